The van der Waals surface area contributed by atoms with Gasteiger partial charge in [-0.3, -0.25) is 15.2 Å². The monoisotopic (exact) mass is 190 g/mol. The number of amidine groups is 1. The molecule has 1 heterocycles. The zero-order valence-corrected chi connectivity index (χ0v) is 7.45. The summed E-state index contributed by atoms with van der Waals surface area (Å²) >= 11 is 0. The van der Waals surface area contributed by atoms with Crippen LogP contribution in [0, 0.1) is 5.41 Å². The van der Waals surface area contributed by atoms with E-state index in [1.807, 2.05) is 0 Å². The topological polar surface area (TPSA) is 82.2 Å². The summed E-state index contributed by atoms with van der Waals surface area (Å²) < 4.78 is 0. The first-order chi connectivity index (χ1) is 6.72. The van der Waals surface area contributed by atoms with Crippen molar-refractivity contribution in [2.45, 2.75) is 0 Å². The maximum atomic E-state index is 10.5. The van der Waals surface area contributed by atoms with Crippen LogP contribution in [0.4, 0.5) is 5.69 Å². The van der Waals surface area contributed by atoms with Crippen LogP contribution in [0.1, 0.15) is 15.9 Å². The maximum Gasteiger partial charge on any atom is 0.150 e. The summed E-state index contributed by atoms with van der Waals surface area (Å²) in [7, 11) is 0. The van der Waals surface area contributed by atoms with Gasteiger partial charge < -0.3 is 5.32 Å². The maximum absolute atomic E-state index is 10.5. The number of carbonyl (C=O) groups is 1. The molecule has 5 nitrogen and oxygen atoms in total. The van der Waals surface area contributed by atoms with Crippen LogP contribution in [-0.2, 0) is 0 Å². The third-order valence-electron chi connectivity index (χ3n) is 2.16. The molecule has 2 rings (SSSR count). The van der Waals surface area contributed by atoms with E-state index in [1.54, 1.807) is 18.2 Å². The Morgan fingerprint density at radius 3 is 3.07 bits per heavy atom. The number of nitrogens with two attached hydrogens (primary N) is 1. The van der Waals surface area contributed by atoms with E-state index in [0.29, 0.717) is 17.8 Å². The molecule has 5 heteroatoms. The highest BCUT2D eigenvalue weighted by atomic mass is 16.1. The first-order valence-electron chi connectivity index (χ1n) is 4.16. The molecule has 0 radical (unpaired) electrons. The summed E-state index contributed by atoms with van der Waals surface area (Å²) in [5.74, 6) is 5.77. The molecule has 1 aromatic rings. The van der Waals surface area contributed by atoms with Gasteiger partial charge in [0.2, 0.25) is 0 Å². The summed E-state index contributed by atoms with van der Waals surface area (Å²) in [6.45, 7) is 0.409. The van der Waals surface area contributed by atoms with Crippen molar-refractivity contribution in [3.8, 4) is 0 Å². The highest BCUT2D eigenvalue weighted by molar-refractivity contribution is 6.03. The number of hydrogen-bond acceptors (Lipinski definition) is 4. The molecule has 0 fully saturated rings. The van der Waals surface area contributed by atoms with E-state index in [0.717, 1.165) is 12.0 Å². The van der Waals surface area contributed by atoms with Crippen molar-refractivity contribution in [2.75, 3.05) is 12.0 Å². The Morgan fingerprint density at radius 2 is 2.36 bits per heavy atom. The number of nitrogens with one attached hydrogen (secondary N) is 2. The number of rotatable bonds is 1. The first kappa shape index (κ1) is 8.71. The van der Waals surface area contributed by atoms with Gasteiger partial charge in [-0.25, -0.2) is 5.84 Å². The highest BCUT2D eigenvalue weighted by Crippen LogP contribution is 2.21. The Labute approximate surface area is 81.0 Å². The molecule has 1 aliphatic rings. The van der Waals surface area contributed by atoms with Crippen molar-refractivity contribution in [3.05, 3.63) is 29.3 Å². The van der Waals surface area contributed by atoms with Gasteiger partial charge in [0, 0.05) is 16.8 Å². The van der Waals surface area contributed by atoms with E-state index < -0.39 is 0 Å². The summed E-state index contributed by atoms with van der Waals surface area (Å²) in [5.41, 5.74) is 2.04. The van der Waals surface area contributed by atoms with Crippen LogP contribution < -0.4 is 11.2 Å². The fraction of sp³-hybridized carbons (Fsp3) is 0.111. The molecular weight excluding hydrogens is 180 g/mol. The lowest BCUT2D eigenvalue weighted by molar-refractivity contribution is 0.112. The number of nitrogens with zero attached hydrogens (tertiary/aromatic N) is 1. The molecule has 0 atom stereocenters. The van der Waals surface area contributed by atoms with Crippen LogP contribution >= 0.6 is 0 Å². The molecule has 0 aromatic heterocycles. The van der Waals surface area contributed by atoms with Crippen molar-refractivity contribution in [1.82, 2.24) is 5.01 Å². The molecule has 0 aliphatic carbocycles. The largest absolute Gasteiger partial charge is 0.366 e. The molecule has 1 aliphatic heterocycles. The molecular formula is C9H10N4O. The average Bonchev–Trinajstić information content (AvgIpc) is 2.23. The lowest BCUT2D eigenvalue weighted by Gasteiger charge is -2.27. The Bertz CT molecular complexity index is 402. The normalized spacial score (nSPS) is 14.6. The second-order valence-electron chi connectivity index (χ2n) is 3.08. The van der Waals surface area contributed by atoms with E-state index in [9.17, 15) is 4.79 Å². The average molecular weight is 190 g/mol. The van der Waals surface area contributed by atoms with Crippen molar-refractivity contribution in [2.24, 2.45) is 5.84 Å². The van der Waals surface area contributed by atoms with Gasteiger partial charge in [0.25, 0.3) is 0 Å². The number of anilines is 1. The third kappa shape index (κ3) is 1.23. The minimum atomic E-state index is 0.224. The van der Waals surface area contributed by atoms with Gasteiger partial charge in [0.05, 0.1) is 0 Å². The zero-order valence-electron chi connectivity index (χ0n) is 7.45. The van der Waals surface area contributed by atoms with Crippen LogP contribution in [0.15, 0.2) is 18.2 Å². The van der Waals surface area contributed by atoms with Gasteiger partial charge in [0.1, 0.15) is 18.8 Å². The smallest absolute Gasteiger partial charge is 0.150 e. The molecule has 14 heavy (non-hydrogen) atoms. The van der Waals surface area contributed by atoms with Gasteiger partial charge in [-0.15, -0.1) is 0 Å². The van der Waals surface area contributed by atoms with Crippen molar-refractivity contribution < 1.29 is 4.79 Å². The molecule has 0 spiro atoms. The summed E-state index contributed by atoms with van der Waals surface area (Å²) in [6.07, 6.45) is 0.753. The Kier molecular flexibility index (Phi) is 1.94. The van der Waals surface area contributed by atoms with Crippen molar-refractivity contribution in [1.29, 1.82) is 5.41 Å². The van der Waals surface area contributed by atoms with Gasteiger partial charge in [-0.2, -0.15) is 0 Å². The second-order valence-corrected chi connectivity index (χ2v) is 3.08. The number of aldehydes is 1. The van der Waals surface area contributed by atoms with Crippen molar-refractivity contribution >= 4 is 17.8 Å². The first-order valence-corrected chi connectivity index (χ1v) is 4.16. The van der Waals surface area contributed by atoms with Crippen molar-refractivity contribution in [3.63, 3.8) is 0 Å². The summed E-state index contributed by atoms with van der Waals surface area (Å²) in [5, 5.41) is 12.0. The fourth-order valence-corrected chi connectivity index (χ4v) is 1.39. The highest BCUT2D eigenvalue weighted by Gasteiger charge is 2.18. The Morgan fingerprint density at radius 1 is 1.57 bits per heavy atom. The van der Waals surface area contributed by atoms with E-state index in [4.69, 9.17) is 11.3 Å². The lowest BCUT2D eigenvalue weighted by atomic mass is 10.1. The Balaban J connectivity index is 2.51. The van der Waals surface area contributed by atoms with Crippen LogP contribution in [0.25, 0.3) is 0 Å². The van der Waals surface area contributed by atoms with E-state index in [-0.39, 0.29) is 5.84 Å². The molecule has 4 N–H and O–H groups in total. The number of benzene rings is 1. The van der Waals surface area contributed by atoms with Crippen LogP contribution in [0.2, 0.25) is 0 Å². The van der Waals surface area contributed by atoms with Gasteiger partial charge >= 0.3 is 0 Å². The van der Waals surface area contributed by atoms with E-state index >= 15 is 0 Å². The van der Waals surface area contributed by atoms with Gasteiger partial charge in [-0.1, -0.05) is 0 Å². The number of carbonyl (C=O) groups excluding carboxylic acids is 1. The molecule has 0 unspecified atom stereocenters. The molecule has 0 bridgehead atoms. The van der Waals surface area contributed by atoms with E-state index in [2.05, 4.69) is 5.32 Å². The summed E-state index contributed by atoms with van der Waals surface area (Å²) in [4.78, 5) is 10.5. The Hall–Kier alpha value is -1.88. The molecule has 72 valence electrons. The lowest BCUT2D eigenvalue weighted by Crippen LogP contribution is -2.44. The predicted molar refractivity (Wildman–Crippen MR) is 53.2 cm³/mol. The summed E-state index contributed by atoms with van der Waals surface area (Å²) in [6, 6.07) is 5.13. The minimum absolute atomic E-state index is 0.224. The molecule has 1 aromatic carbocycles. The SMILES string of the molecule is N=C1c2cc(C=O)ccc2NCN1N. The fourth-order valence-electron chi connectivity index (χ4n) is 1.39. The zero-order chi connectivity index (χ0) is 10.1. The number of fused-ring (bicyclic) bond motifs is 1. The van der Waals surface area contributed by atoms with Crippen LogP contribution in [0.5, 0.6) is 0 Å². The second kappa shape index (κ2) is 3.12. The molecule has 0 amide bonds. The molecule has 0 saturated carbocycles. The third-order valence-corrected chi connectivity index (χ3v) is 2.16. The number of hydrazine groups is 1. The quantitative estimate of drug-likeness (QED) is 0.441. The standard InChI is InChI=1S/C9H10N4O/c10-9-7-3-6(4-14)1-2-8(7)12-5-13(9)11/h1-4,10,12H,5,11H2. The predicted octanol–water partition coefficient (Wildman–Crippen LogP) is 0.383. The van der Waals surface area contributed by atoms with Gasteiger partial charge in [0.15, 0.2) is 0 Å². The van der Waals surface area contributed by atoms with Gasteiger partial charge in [-0.05, 0) is 18.2 Å². The van der Waals surface area contributed by atoms with Crippen LogP contribution in [0.3, 0.4) is 0 Å². The number of hydrogen-bond donors (Lipinski definition) is 3. The molecule has 0 saturated heterocycles. The minimum Gasteiger partial charge on any atom is -0.366 e. The van der Waals surface area contributed by atoms with E-state index in [1.165, 1.54) is 5.01 Å². The van der Waals surface area contributed by atoms with Crippen LogP contribution in [-0.4, -0.2) is 23.8 Å².